The average Bonchev–Trinajstić information content (AvgIpc) is 3.81. The van der Waals surface area contributed by atoms with Gasteiger partial charge in [0.25, 0.3) is 6.10 Å². The van der Waals surface area contributed by atoms with E-state index >= 15 is 0 Å². The predicted octanol–water partition coefficient (Wildman–Crippen LogP) is 7.01. The van der Waals surface area contributed by atoms with Gasteiger partial charge in [-0.3, -0.25) is 14.4 Å². The lowest BCUT2D eigenvalue weighted by Crippen LogP contribution is -2.47. The van der Waals surface area contributed by atoms with Gasteiger partial charge in [-0.1, -0.05) is 20.8 Å². The molecular weight excluding hydrogens is 710 g/mol. The maximum Gasteiger partial charge on any atom is 0.434 e. The minimum atomic E-state index is -5.80. The summed E-state index contributed by atoms with van der Waals surface area (Å²) < 4.78 is 114. The van der Waals surface area contributed by atoms with Gasteiger partial charge in [-0.05, 0) is 85.5 Å². The molecule has 5 fully saturated rings. The van der Waals surface area contributed by atoms with E-state index in [0.717, 1.165) is 25.7 Å². The van der Waals surface area contributed by atoms with Crippen LogP contribution in [0.5, 0.6) is 0 Å². The largest absolute Gasteiger partial charge is 0.459 e. The smallest absolute Gasteiger partial charge is 0.434 e. The van der Waals surface area contributed by atoms with Gasteiger partial charge < -0.3 is 33.2 Å². The number of esters is 4. The summed E-state index contributed by atoms with van der Waals surface area (Å²) >= 11 is 0. The van der Waals surface area contributed by atoms with E-state index in [1.165, 1.54) is 12.8 Å². The van der Waals surface area contributed by atoms with Gasteiger partial charge >= 0.3 is 36.2 Å². The molecule has 5 unspecified atom stereocenters. The molecule has 298 valence electrons. The third-order valence-electron chi connectivity index (χ3n) is 11.2. The molecule has 3 aliphatic heterocycles. The van der Waals surface area contributed by atoms with E-state index in [-0.39, 0.29) is 42.7 Å². The first-order valence-corrected chi connectivity index (χ1v) is 17.9. The number of fused-ring (bicyclic) bond motifs is 3. The van der Waals surface area contributed by atoms with Crippen LogP contribution in [0.4, 0.5) is 26.3 Å². The zero-order valence-electron chi connectivity index (χ0n) is 30.6. The minimum Gasteiger partial charge on any atom is -0.459 e. The SMILES string of the molecule is CCC(C)(C)C(=O)OC1C(=O)OC2C3OC4(CCC(C(=O)OC(C(F)(F)F)C(F)(F)F)CC4)OC3OC12.CCC1(OC(=O)C(C)(C)CC)CCCC1. The Morgan fingerprint density at radius 2 is 1.33 bits per heavy atom. The first kappa shape index (κ1) is 42.1. The van der Waals surface area contributed by atoms with Gasteiger partial charge in [-0.2, -0.15) is 26.3 Å². The number of carbonyl (C=O) groups is 4. The Morgan fingerprint density at radius 1 is 0.788 bits per heavy atom. The summed E-state index contributed by atoms with van der Waals surface area (Å²) in [5.74, 6) is -5.62. The molecule has 5 atom stereocenters. The van der Waals surface area contributed by atoms with E-state index in [1.54, 1.807) is 20.8 Å². The Bertz CT molecular complexity index is 1300. The Balaban J connectivity index is 0.000000338. The molecule has 5 rings (SSSR count). The Kier molecular flexibility index (Phi) is 12.3. The lowest BCUT2D eigenvalue weighted by atomic mass is 9.85. The molecule has 52 heavy (non-hydrogen) atoms. The molecule has 17 heteroatoms. The topological polar surface area (TPSA) is 133 Å². The van der Waals surface area contributed by atoms with Gasteiger partial charge in [-0.25, -0.2) is 4.79 Å². The summed E-state index contributed by atoms with van der Waals surface area (Å²) in [6, 6.07) is 0. The van der Waals surface area contributed by atoms with Crippen molar-refractivity contribution in [3.8, 4) is 0 Å². The van der Waals surface area contributed by atoms with Gasteiger partial charge in [0.05, 0.1) is 16.7 Å². The van der Waals surface area contributed by atoms with E-state index in [4.69, 9.17) is 28.4 Å². The van der Waals surface area contributed by atoms with Gasteiger partial charge in [0.1, 0.15) is 11.7 Å². The predicted molar refractivity (Wildman–Crippen MR) is 167 cm³/mol. The second-order valence-electron chi connectivity index (χ2n) is 15.6. The van der Waals surface area contributed by atoms with E-state index in [1.807, 2.05) is 20.8 Å². The molecular formula is C35H50F6O11. The van der Waals surface area contributed by atoms with Gasteiger partial charge in [-0.15, -0.1) is 0 Å². The fourth-order valence-electron chi connectivity index (χ4n) is 6.69. The lowest BCUT2D eigenvalue weighted by Gasteiger charge is -2.36. The van der Waals surface area contributed by atoms with Crippen LogP contribution < -0.4 is 0 Å². The molecule has 0 amide bonds. The quantitative estimate of drug-likeness (QED) is 0.137. The molecule has 5 aliphatic rings. The van der Waals surface area contributed by atoms with E-state index < -0.39 is 84.2 Å². The van der Waals surface area contributed by atoms with Crippen molar-refractivity contribution in [1.29, 1.82) is 0 Å². The first-order chi connectivity index (χ1) is 23.9. The second-order valence-corrected chi connectivity index (χ2v) is 15.6. The highest BCUT2D eigenvalue weighted by molar-refractivity contribution is 5.84. The third-order valence-corrected chi connectivity index (χ3v) is 11.2. The molecule has 3 heterocycles. The molecule has 2 aliphatic carbocycles. The van der Waals surface area contributed by atoms with Crippen LogP contribution in [0.2, 0.25) is 0 Å². The Morgan fingerprint density at radius 3 is 1.83 bits per heavy atom. The van der Waals surface area contributed by atoms with Crippen LogP contribution in [0.3, 0.4) is 0 Å². The van der Waals surface area contributed by atoms with Crippen LogP contribution >= 0.6 is 0 Å². The molecule has 0 bridgehead atoms. The molecule has 3 saturated heterocycles. The number of halogens is 6. The van der Waals surface area contributed by atoms with E-state index in [2.05, 4.69) is 11.7 Å². The van der Waals surface area contributed by atoms with Crippen molar-refractivity contribution >= 4 is 23.9 Å². The number of alkyl halides is 6. The minimum absolute atomic E-state index is 0.0197. The molecule has 11 nitrogen and oxygen atoms in total. The maximum absolute atomic E-state index is 12.7. The van der Waals surface area contributed by atoms with Crippen molar-refractivity contribution in [3.63, 3.8) is 0 Å². The maximum atomic E-state index is 12.7. The molecule has 0 radical (unpaired) electrons. The van der Waals surface area contributed by atoms with Crippen LogP contribution in [-0.4, -0.2) is 84.4 Å². The Hall–Kier alpha value is -2.66. The summed E-state index contributed by atoms with van der Waals surface area (Å²) in [6.45, 7) is 13.2. The highest BCUT2D eigenvalue weighted by Crippen LogP contribution is 2.49. The highest BCUT2D eigenvalue weighted by atomic mass is 19.4. The van der Waals surface area contributed by atoms with Gasteiger partial charge in [0.2, 0.25) is 6.10 Å². The van der Waals surface area contributed by atoms with Crippen molar-refractivity contribution in [2.75, 3.05) is 0 Å². The van der Waals surface area contributed by atoms with E-state index in [0.29, 0.717) is 6.42 Å². The van der Waals surface area contributed by atoms with Crippen LogP contribution in [-0.2, 0) is 52.3 Å². The summed E-state index contributed by atoms with van der Waals surface area (Å²) in [6.07, 6.45) is -14.7. The van der Waals surface area contributed by atoms with Crippen molar-refractivity contribution in [2.45, 2.75) is 180 Å². The number of ether oxygens (including phenoxy) is 7. The third kappa shape index (κ3) is 8.99. The van der Waals surface area contributed by atoms with Gasteiger partial charge in [0, 0.05) is 12.8 Å². The van der Waals surface area contributed by atoms with E-state index in [9.17, 15) is 45.5 Å². The lowest BCUT2D eigenvalue weighted by molar-refractivity contribution is -0.315. The number of hydrogen-bond donors (Lipinski definition) is 0. The van der Waals surface area contributed by atoms with Crippen molar-refractivity contribution < 1.29 is 78.7 Å². The number of carbonyl (C=O) groups excluding carboxylic acids is 4. The first-order valence-electron chi connectivity index (χ1n) is 17.9. The number of rotatable bonds is 9. The molecule has 0 aromatic rings. The average molecular weight is 761 g/mol. The van der Waals surface area contributed by atoms with Gasteiger partial charge in [0.15, 0.2) is 24.3 Å². The van der Waals surface area contributed by atoms with Crippen LogP contribution in [0.25, 0.3) is 0 Å². The van der Waals surface area contributed by atoms with Crippen LogP contribution in [0, 0.1) is 16.7 Å². The summed E-state index contributed by atoms with van der Waals surface area (Å²) in [5, 5.41) is 0. The fourth-order valence-corrected chi connectivity index (χ4v) is 6.69. The zero-order chi connectivity index (χ0) is 39.1. The van der Waals surface area contributed by atoms with Crippen LogP contribution in [0.15, 0.2) is 0 Å². The zero-order valence-corrected chi connectivity index (χ0v) is 30.6. The molecule has 1 spiro atoms. The summed E-state index contributed by atoms with van der Waals surface area (Å²) in [4.78, 5) is 48.9. The van der Waals surface area contributed by atoms with Crippen molar-refractivity contribution in [3.05, 3.63) is 0 Å². The highest BCUT2D eigenvalue weighted by Gasteiger charge is 2.66. The summed E-state index contributed by atoms with van der Waals surface area (Å²) in [7, 11) is 0. The van der Waals surface area contributed by atoms with Crippen molar-refractivity contribution in [2.24, 2.45) is 16.7 Å². The number of hydrogen-bond acceptors (Lipinski definition) is 11. The standard InChI is InChI=1S/C22H26F6O9.C13H24O2/c1-4-19(2,3)18(31)34-12-10-11(32-15(12)30)13-16(33-10)37-20(36-13)7-5-9(6-8-20)14(29)35-17(21(23,24)25)22(26,27)28;1-5-12(3,4)11(14)15-13(6-2)9-7-8-10-13/h9-13,16-17H,4-8H2,1-3H3;5-10H2,1-4H3. The molecule has 0 N–H and O–H groups in total. The molecule has 0 aromatic carbocycles. The monoisotopic (exact) mass is 760 g/mol. The molecule has 2 saturated carbocycles. The second kappa shape index (κ2) is 15.2. The normalized spacial score (nSPS) is 31.4. The Labute approximate surface area is 299 Å². The van der Waals surface area contributed by atoms with Crippen LogP contribution in [0.1, 0.15) is 119 Å². The fraction of sp³-hybridized carbons (Fsp3) is 0.886. The summed E-state index contributed by atoms with van der Waals surface area (Å²) in [5.41, 5.74) is -1.31. The molecule has 0 aromatic heterocycles. The van der Waals surface area contributed by atoms with Crippen molar-refractivity contribution in [1.82, 2.24) is 0 Å².